The van der Waals surface area contributed by atoms with Crippen LogP contribution in [0.2, 0.25) is 5.02 Å². The van der Waals surface area contributed by atoms with E-state index in [0.717, 1.165) is 44.4 Å². The molecule has 140 valence electrons. The van der Waals surface area contributed by atoms with Crippen molar-refractivity contribution in [3.8, 4) is 5.75 Å². The van der Waals surface area contributed by atoms with Crippen molar-refractivity contribution >= 4 is 17.6 Å². The summed E-state index contributed by atoms with van der Waals surface area (Å²) in [4.78, 5) is 11.2. The fraction of sp³-hybridized carbons (Fsp3) is 0.611. The monoisotopic (exact) mass is 367 g/mol. The predicted molar refractivity (Wildman–Crippen MR) is 105 cm³/mol. The van der Waals surface area contributed by atoms with Crippen LogP contribution in [0.3, 0.4) is 0 Å². The quantitative estimate of drug-likeness (QED) is 0.609. The summed E-state index contributed by atoms with van der Waals surface area (Å²) in [5.74, 6) is 1.67. The van der Waals surface area contributed by atoms with Crippen LogP contribution in [0.15, 0.2) is 29.3 Å². The fourth-order valence-corrected chi connectivity index (χ4v) is 3.06. The van der Waals surface area contributed by atoms with E-state index in [4.69, 9.17) is 16.3 Å². The lowest BCUT2D eigenvalue weighted by Crippen LogP contribution is -2.55. The van der Waals surface area contributed by atoms with Crippen LogP contribution >= 0.6 is 11.6 Å². The highest BCUT2D eigenvalue weighted by Gasteiger charge is 2.22. The first-order valence-corrected chi connectivity index (χ1v) is 9.06. The summed E-state index contributed by atoms with van der Waals surface area (Å²) >= 11 is 5.97. The molecule has 6 nitrogen and oxygen atoms in total. The highest BCUT2D eigenvalue weighted by molar-refractivity contribution is 6.30. The Morgan fingerprint density at radius 2 is 2.20 bits per heavy atom. The first kappa shape index (κ1) is 19.8. The Hall–Kier alpha value is -1.50. The predicted octanol–water partition coefficient (Wildman–Crippen LogP) is 1.47. The fourth-order valence-electron chi connectivity index (χ4n) is 2.88. The summed E-state index contributed by atoms with van der Waals surface area (Å²) in [6.45, 7) is 5.50. The summed E-state index contributed by atoms with van der Waals surface area (Å²) < 4.78 is 5.75. The molecule has 0 aromatic heterocycles. The van der Waals surface area contributed by atoms with E-state index in [9.17, 15) is 0 Å². The molecule has 7 heteroatoms. The van der Waals surface area contributed by atoms with E-state index in [1.54, 1.807) is 0 Å². The number of hydrogen-bond acceptors (Lipinski definition) is 4. The number of nitrogens with one attached hydrogen (secondary N) is 1. The Morgan fingerprint density at radius 1 is 1.40 bits per heavy atom. The molecule has 1 fully saturated rings. The maximum Gasteiger partial charge on any atom is 0.193 e. The molecule has 1 unspecified atom stereocenters. The summed E-state index contributed by atoms with van der Waals surface area (Å²) in [7, 11) is 8.19. The molecule has 0 saturated carbocycles. The van der Waals surface area contributed by atoms with Gasteiger partial charge in [0.05, 0.1) is 6.54 Å². The molecule has 0 aliphatic carbocycles. The van der Waals surface area contributed by atoms with Crippen molar-refractivity contribution in [2.75, 3.05) is 67.5 Å². The molecule has 1 atom stereocenters. The van der Waals surface area contributed by atoms with Crippen molar-refractivity contribution in [2.45, 2.75) is 6.04 Å². The van der Waals surface area contributed by atoms with Crippen LogP contribution in [0.5, 0.6) is 5.75 Å². The molecule has 1 aliphatic rings. The Kier molecular flexibility index (Phi) is 7.81. The number of benzene rings is 1. The number of likely N-dealkylation sites (N-methyl/N-ethyl adjacent to an activating group) is 3. The minimum atomic E-state index is 0.492. The number of ether oxygens (including phenoxy) is 1. The lowest BCUT2D eigenvalue weighted by atomic mass is 10.2. The van der Waals surface area contributed by atoms with Crippen molar-refractivity contribution in [3.63, 3.8) is 0 Å². The normalized spacial score (nSPS) is 19.7. The first-order chi connectivity index (χ1) is 12.0. The number of piperazine rings is 1. The third kappa shape index (κ3) is 6.38. The van der Waals surface area contributed by atoms with Gasteiger partial charge in [0.2, 0.25) is 0 Å². The first-order valence-electron chi connectivity index (χ1n) is 8.68. The van der Waals surface area contributed by atoms with Crippen molar-refractivity contribution in [1.29, 1.82) is 0 Å². The van der Waals surface area contributed by atoms with E-state index in [0.29, 0.717) is 17.7 Å². The van der Waals surface area contributed by atoms with Gasteiger partial charge in [0.1, 0.15) is 12.4 Å². The Morgan fingerprint density at radius 3 is 2.92 bits per heavy atom. The van der Waals surface area contributed by atoms with E-state index >= 15 is 0 Å². The van der Waals surface area contributed by atoms with Gasteiger partial charge in [0.25, 0.3) is 0 Å². The van der Waals surface area contributed by atoms with E-state index in [2.05, 4.69) is 39.1 Å². The SMILES string of the molecule is CN=C(NCC1CN(C)CCN1C)N(C)CCOc1cccc(Cl)c1. The van der Waals surface area contributed by atoms with E-state index in [-0.39, 0.29) is 0 Å². The van der Waals surface area contributed by atoms with Crippen molar-refractivity contribution in [3.05, 3.63) is 29.3 Å². The van der Waals surface area contributed by atoms with Gasteiger partial charge in [0.15, 0.2) is 5.96 Å². The van der Waals surface area contributed by atoms with Gasteiger partial charge in [-0.15, -0.1) is 0 Å². The van der Waals surface area contributed by atoms with Gasteiger partial charge in [-0.1, -0.05) is 17.7 Å². The van der Waals surface area contributed by atoms with Crippen LogP contribution in [0.1, 0.15) is 0 Å². The summed E-state index contributed by atoms with van der Waals surface area (Å²) in [5, 5.41) is 4.16. The van der Waals surface area contributed by atoms with Gasteiger partial charge in [0, 0.05) is 51.3 Å². The lowest BCUT2D eigenvalue weighted by molar-refractivity contribution is 0.116. The Bertz CT molecular complexity index is 568. The number of hydrogen-bond donors (Lipinski definition) is 1. The third-order valence-electron chi connectivity index (χ3n) is 4.54. The molecule has 0 bridgehead atoms. The average Bonchev–Trinajstić information content (AvgIpc) is 2.58. The lowest BCUT2D eigenvalue weighted by Gasteiger charge is -2.38. The van der Waals surface area contributed by atoms with Crippen molar-refractivity contribution < 1.29 is 4.74 Å². The number of guanidine groups is 1. The molecule has 1 N–H and O–H groups in total. The van der Waals surface area contributed by atoms with E-state index in [1.807, 2.05) is 38.4 Å². The number of aliphatic imine (C=N–C) groups is 1. The molecular formula is C18H30ClN5O. The number of halogens is 1. The van der Waals surface area contributed by atoms with Crippen molar-refractivity contribution in [1.82, 2.24) is 20.0 Å². The van der Waals surface area contributed by atoms with E-state index in [1.165, 1.54) is 0 Å². The zero-order valence-corrected chi connectivity index (χ0v) is 16.5. The molecule has 0 radical (unpaired) electrons. The molecule has 1 saturated heterocycles. The molecule has 1 heterocycles. The second-order valence-corrected chi connectivity index (χ2v) is 6.99. The van der Waals surface area contributed by atoms with E-state index < -0.39 is 0 Å². The van der Waals surface area contributed by atoms with Gasteiger partial charge in [-0.2, -0.15) is 0 Å². The molecule has 1 aromatic rings. The van der Waals surface area contributed by atoms with Crippen LogP contribution in [0.4, 0.5) is 0 Å². The summed E-state index contributed by atoms with van der Waals surface area (Å²) in [6.07, 6.45) is 0. The van der Waals surface area contributed by atoms with Crippen LogP contribution in [-0.2, 0) is 0 Å². The maximum absolute atomic E-state index is 5.97. The van der Waals surface area contributed by atoms with Gasteiger partial charge < -0.3 is 19.9 Å². The zero-order chi connectivity index (χ0) is 18.2. The van der Waals surface area contributed by atoms with Gasteiger partial charge in [-0.05, 0) is 32.3 Å². The second-order valence-electron chi connectivity index (χ2n) is 6.55. The van der Waals surface area contributed by atoms with Crippen molar-refractivity contribution in [2.24, 2.45) is 4.99 Å². The Balaban J connectivity index is 1.75. The molecule has 2 rings (SSSR count). The third-order valence-corrected chi connectivity index (χ3v) is 4.78. The van der Waals surface area contributed by atoms with Crippen LogP contribution < -0.4 is 10.1 Å². The standard InChI is InChI=1S/C18H30ClN5O/c1-20-18(21-13-16-14-22(2)8-9-23(16)3)24(4)10-11-25-17-7-5-6-15(19)12-17/h5-7,12,16H,8-11,13-14H2,1-4H3,(H,20,21). The highest BCUT2D eigenvalue weighted by atomic mass is 35.5. The van der Waals surface area contributed by atoms with Gasteiger partial charge in [-0.25, -0.2) is 0 Å². The molecule has 1 aromatic carbocycles. The van der Waals surface area contributed by atoms with Gasteiger partial charge in [-0.3, -0.25) is 9.89 Å². The highest BCUT2D eigenvalue weighted by Crippen LogP contribution is 2.16. The molecular weight excluding hydrogens is 338 g/mol. The molecule has 25 heavy (non-hydrogen) atoms. The molecule has 1 aliphatic heterocycles. The largest absolute Gasteiger partial charge is 0.492 e. The molecule has 0 spiro atoms. The van der Waals surface area contributed by atoms with Crippen LogP contribution in [0.25, 0.3) is 0 Å². The van der Waals surface area contributed by atoms with Crippen LogP contribution in [-0.4, -0.2) is 94.2 Å². The van der Waals surface area contributed by atoms with Crippen LogP contribution in [0, 0.1) is 0 Å². The summed E-state index contributed by atoms with van der Waals surface area (Å²) in [5.41, 5.74) is 0. The Labute approximate surface area is 156 Å². The number of nitrogens with zero attached hydrogens (tertiary/aromatic N) is 4. The second kappa shape index (κ2) is 9.85. The minimum Gasteiger partial charge on any atom is -0.492 e. The number of rotatable bonds is 6. The average molecular weight is 368 g/mol. The topological polar surface area (TPSA) is 43.3 Å². The summed E-state index contributed by atoms with van der Waals surface area (Å²) in [6, 6.07) is 7.95. The van der Waals surface area contributed by atoms with Gasteiger partial charge >= 0.3 is 0 Å². The minimum absolute atomic E-state index is 0.492. The molecule has 0 amide bonds. The zero-order valence-electron chi connectivity index (χ0n) is 15.7. The smallest absolute Gasteiger partial charge is 0.193 e. The maximum atomic E-state index is 5.97.